The first-order chi connectivity index (χ1) is 12.6. The summed E-state index contributed by atoms with van der Waals surface area (Å²) < 4.78 is 20.3. The molecule has 0 radical (unpaired) electrons. The Morgan fingerprint density at radius 3 is 2.12 bits per heavy atom. The molecule has 0 bridgehead atoms. The van der Waals surface area contributed by atoms with Crippen molar-refractivity contribution in [3.05, 3.63) is 78.0 Å². The van der Waals surface area contributed by atoms with Crippen LogP contribution in [0, 0.1) is 13.8 Å². The summed E-state index contributed by atoms with van der Waals surface area (Å²) in [6.07, 6.45) is 1.62. The van der Waals surface area contributed by atoms with E-state index in [1.165, 1.54) is 0 Å². The van der Waals surface area contributed by atoms with E-state index in [-0.39, 0.29) is 0 Å². The first-order valence-corrected chi connectivity index (χ1v) is 9.81. The Morgan fingerprint density at radius 2 is 1.50 bits per heavy atom. The fourth-order valence-corrected chi connectivity index (χ4v) is 5.32. The molecule has 0 N–H and O–H groups in total. The lowest BCUT2D eigenvalue weighted by Gasteiger charge is -2.22. The highest BCUT2D eigenvalue weighted by Crippen LogP contribution is 2.43. The van der Waals surface area contributed by atoms with Crippen molar-refractivity contribution >= 4 is 29.1 Å². The Labute approximate surface area is 150 Å². The van der Waals surface area contributed by atoms with E-state index < -0.39 is 7.37 Å². The molecule has 0 saturated heterocycles. The Morgan fingerprint density at radius 1 is 0.885 bits per heavy atom. The van der Waals surface area contributed by atoms with E-state index in [1.807, 2.05) is 62.4 Å². The highest BCUT2D eigenvalue weighted by molar-refractivity contribution is 7.74. The van der Waals surface area contributed by atoms with E-state index in [1.54, 1.807) is 18.3 Å². The average Bonchev–Trinajstić information content (AvgIpc) is 3.05. The van der Waals surface area contributed by atoms with Crippen LogP contribution >= 0.6 is 7.37 Å². The second kappa shape index (κ2) is 6.39. The molecule has 0 atom stereocenters. The molecule has 2 heterocycles. The lowest BCUT2D eigenvalue weighted by molar-refractivity contribution is 0.247. The second-order valence-corrected chi connectivity index (χ2v) is 8.24. The van der Waals surface area contributed by atoms with E-state index in [2.05, 4.69) is 15.3 Å². The first kappa shape index (κ1) is 16.5. The summed E-state index contributed by atoms with van der Waals surface area (Å²) in [4.78, 5) is 5.41. The third-order valence-corrected chi connectivity index (χ3v) is 6.90. The topological polar surface area (TPSA) is 69.9 Å². The van der Waals surface area contributed by atoms with Crippen LogP contribution in [0.2, 0.25) is 0 Å². The number of hydrogen-bond donors (Lipinski definition) is 0. The van der Waals surface area contributed by atoms with E-state index >= 15 is 0 Å². The molecule has 0 aliphatic rings. The molecule has 6 nitrogen and oxygen atoms in total. The van der Waals surface area contributed by atoms with Crippen molar-refractivity contribution in [1.29, 1.82) is 0 Å². The Hall–Kier alpha value is -2.98. The molecule has 0 saturated carbocycles. The van der Waals surface area contributed by atoms with Gasteiger partial charge in [-0.15, -0.1) is 5.10 Å². The largest absolute Gasteiger partial charge is 0.331 e. The summed E-state index contributed by atoms with van der Waals surface area (Å²) in [5.41, 5.74) is 2.77. The average molecular weight is 364 g/mol. The molecule has 0 unspecified atom stereocenters. The van der Waals surface area contributed by atoms with E-state index in [4.69, 9.17) is 4.62 Å². The van der Waals surface area contributed by atoms with Gasteiger partial charge in [-0.2, -0.15) is 0 Å². The summed E-state index contributed by atoms with van der Waals surface area (Å²) >= 11 is 0. The van der Waals surface area contributed by atoms with Crippen LogP contribution in [-0.2, 0) is 4.57 Å². The van der Waals surface area contributed by atoms with E-state index in [9.17, 15) is 4.57 Å². The Bertz CT molecular complexity index is 1090. The summed E-state index contributed by atoms with van der Waals surface area (Å²) in [6.45, 7) is 3.84. The minimum absolute atomic E-state index is 0.426. The van der Waals surface area contributed by atoms with Crippen molar-refractivity contribution in [2.75, 3.05) is 0 Å². The van der Waals surface area contributed by atoms with E-state index in [0.29, 0.717) is 21.8 Å². The summed E-state index contributed by atoms with van der Waals surface area (Å²) in [6, 6.07) is 18.6. The van der Waals surface area contributed by atoms with Gasteiger partial charge in [0.05, 0.1) is 10.6 Å². The molecule has 2 aromatic heterocycles. The second-order valence-electron chi connectivity index (χ2n) is 6.01. The third kappa shape index (κ3) is 2.68. The monoisotopic (exact) mass is 364 g/mol. The highest BCUT2D eigenvalue weighted by atomic mass is 31.2. The summed E-state index contributed by atoms with van der Waals surface area (Å²) in [7, 11) is -3.47. The number of nitrogens with zero attached hydrogens (tertiary/aromatic N) is 4. The zero-order valence-corrected chi connectivity index (χ0v) is 15.3. The number of aromatic nitrogens is 4. The SMILES string of the molecule is Cc1ccccc1P(=O)(On1nnc2cccnc21)c1ccccc1C. The van der Waals surface area contributed by atoms with Crippen molar-refractivity contribution in [1.82, 2.24) is 20.1 Å². The lowest BCUT2D eigenvalue weighted by atomic mass is 10.2. The van der Waals surface area contributed by atoms with Crippen LogP contribution in [0.3, 0.4) is 0 Å². The summed E-state index contributed by atoms with van der Waals surface area (Å²) in [5, 5.41) is 9.31. The smallest absolute Gasteiger partial charge is 0.328 e. The predicted octanol–water partition coefficient (Wildman–Crippen LogP) is 2.80. The number of aryl methyl sites for hydroxylation is 2. The van der Waals surface area contributed by atoms with Crippen LogP contribution in [-0.4, -0.2) is 20.1 Å². The van der Waals surface area contributed by atoms with Gasteiger partial charge in [-0.1, -0.05) is 41.2 Å². The molecule has 26 heavy (non-hydrogen) atoms. The van der Waals surface area contributed by atoms with Crippen LogP contribution in [0.1, 0.15) is 11.1 Å². The quantitative estimate of drug-likeness (QED) is 0.521. The molecule has 0 aliphatic heterocycles. The van der Waals surface area contributed by atoms with E-state index in [0.717, 1.165) is 16.0 Å². The molecule has 2 aromatic carbocycles. The van der Waals surface area contributed by atoms with Crippen LogP contribution in [0.15, 0.2) is 66.9 Å². The zero-order chi connectivity index (χ0) is 18.1. The fraction of sp³-hybridized carbons (Fsp3) is 0.105. The normalized spacial score (nSPS) is 11.6. The lowest BCUT2D eigenvalue weighted by Crippen LogP contribution is -2.28. The van der Waals surface area contributed by atoms with Gasteiger partial charge in [0.2, 0.25) is 5.65 Å². The van der Waals surface area contributed by atoms with Gasteiger partial charge in [-0.25, -0.2) is 4.98 Å². The van der Waals surface area contributed by atoms with Gasteiger partial charge in [0.25, 0.3) is 0 Å². The van der Waals surface area contributed by atoms with Crippen molar-refractivity contribution in [3.8, 4) is 0 Å². The van der Waals surface area contributed by atoms with Gasteiger partial charge in [0.1, 0.15) is 5.52 Å². The number of pyridine rings is 1. The van der Waals surface area contributed by atoms with Gasteiger partial charge in [0.15, 0.2) is 0 Å². The maximum Gasteiger partial charge on any atom is 0.331 e. The molecular formula is C19H17N4O2P. The fourth-order valence-electron chi connectivity index (χ4n) is 2.91. The summed E-state index contributed by atoms with van der Waals surface area (Å²) in [5.74, 6) is 0. The third-order valence-electron chi connectivity index (χ3n) is 4.24. The molecule has 4 rings (SSSR count). The van der Waals surface area contributed by atoms with Gasteiger partial charge in [-0.05, 0) is 54.5 Å². The van der Waals surface area contributed by atoms with Gasteiger partial charge in [0, 0.05) is 6.20 Å². The van der Waals surface area contributed by atoms with Crippen LogP contribution in [0.5, 0.6) is 0 Å². The first-order valence-electron chi connectivity index (χ1n) is 8.18. The number of benzene rings is 2. The Kier molecular flexibility index (Phi) is 4.05. The van der Waals surface area contributed by atoms with Crippen molar-refractivity contribution in [2.24, 2.45) is 0 Å². The number of hydrogen-bond acceptors (Lipinski definition) is 5. The van der Waals surface area contributed by atoms with Crippen LogP contribution < -0.4 is 15.2 Å². The van der Waals surface area contributed by atoms with Crippen LogP contribution in [0.4, 0.5) is 0 Å². The zero-order valence-electron chi connectivity index (χ0n) is 14.4. The molecule has 130 valence electrons. The maximum absolute atomic E-state index is 14.2. The minimum atomic E-state index is -3.47. The molecule has 0 spiro atoms. The Balaban J connectivity index is 1.93. The highest BCUT2D eigenvalue weighted by Gasteiger charge is 2.34. The van der Waals surface area contributed by atoms with Gasteiger partial charge in [-0.3, -0.25) is 4.57 Å². The van der Waals surface area contributed by atoms with Gasteiger partial charge < -0.3 is 4.62 Å². The molecule has 0 fully saturated rings. The standard InChI is InChI=1S/C19H17N4O2P/c1-14-8-3-5-11-17(14)26(24,18-12-6-4-9-15(18)2)25-23-19-16(21-22-23)10-7-13-20-19/h3-13H,1-2H3. The molecule has 4 aromatic rings. The number of rotatable bonds is 4. The predicted molar refractivity (Wildman–Crippen MR) is 101 cm³/mol. The number of fused-ring (bicyclic) bond motifs is 1. The molecule has 0 aliphatic carbocycles. The van der Waals surface area contributed by atoms with Crippen molar-refractivity contribution in [2.45, 2.75) is 13.8 Å². The maximum atomic E-state index is 14.2. The molecule has 7 heteroatoms. The van der Waals surface area contributed by atoms with Crippen molar-refractivity contribution in [3.63, 3.8) is 0 Å². The van der Waals surface area contributed by atoms with Crippen LogP contribution in [0.25, 0.3) is 11.2 Å². The van der Waals surface area contributed by atoms with Gasteiger partial charge >= 0.3 is 7.37 Å². The molecule has 0 amide bonds. The minimum Gasteiger partial charge on any atom is -0.328 e. The van der Waals surface area contributed by atoms with Crippen molar-refractivity contribution < 1.29 is 9.19 Å². The molecular weight excluding hydrogens is 347 g/mol.